The number of oxime groups is 1. The van der Waals surface area contributed by atoms with E-state index in [9.17, 15) is 10.4 Å². The molecule has 0 aliphatic carbocycles. The van der Waals surface area contributed by atoms with Gasteiger partial charge in [-0.05, 0) is 20.8 Å². The summed E-state index contributed by atoms with van der Waals surface area (Å²) < 4.78 is 0.724. The van der Waals surface area contributed by atoms with Crippen LogP contribution in [0.15, 0.2) is 5.16 Å². The quantitative estimate of drug-likeness (QED) is 0.246. The summed E-state index contributed by atoms with van der Waals surface area (Å²) in [5.41, 5.74) is -1.40. The van der Waals surface area contributed by atoms with Gasteiger partial charge in [0.2, 0.25) is 0 Å². The highest BCUT2D eigenvalue weighted by Crippen LogP contribution is 2.34. The fourth-order valence-electron chi connectivity index (χ4n) is 2.23. The first-order valence-electron chi connectivity index (χ1n) is 5.26. The Hall–Kier alpha value is -1.14. The van der Waals surface area contributed by atoms with E-state index in [-0.39, 0.29) is 5.71 Å². The van der Waals surface area contributed by atoms with E-state index in [1.54, 1.807) is 13.8 Å². The largest absolute Gasteiger partial charge is 0.622 e. The van der Waals surface area contributed by atoms with Crippen molar-refractivity contribution in [3.63, 3.8) is 0 Å². The third-order valence-electron chi connectivity index (χ3n) is 3.46. The number of nitrogens with zero attached hydrogens (tertiary/aromatic N) is 3. The second kappa shape index (κ2) is 3.71. The summed E-state index contributed by atoms with van der Waals surface area (Å²) in [6.45, 7) is 8.40. The summed E-state index contributed by atoms with van der Waals surface area (Å²) in [4.78, 5) is 0. The smallest absolute Gasteiger partial charge is 0.290 e. The number of rotatable bonds is 2. The van der Waals surface area contributed by atoms with Crippen LogP contribution in [0.3, 0.4) is 0 Å². The van der Waals surface area contributed by atoms with Gasteiger partial charge < -0.3 is 15.6 Å². The van der Waals surface area contributed by atoms with E-state index in [0.717, 1.165) is 9.80 Å². The molecule has 1 atom stereocenters. The van der Waals surface area contributed by atoms with Gasteiger partial charge in [0, 0.05) is 13.3 Å². The minimum Gasteiger partial charge on any atom is -0.622 e. The molecule has 1 aliphatic heterocycles. The SMILES string of the molecule is CCC1=[N+]([O-])[C@](C)(/C(C)=N\O)N(O)C1(C)C. The first-order valence-corrected chi connectivity index (χ1v) is 5.26. The van der Waals surface area contributed by atoms with Crippen LogP contribution in [0.1, 0.15) is 41.0 Å². The van der Waals surface area contributed by atoms with E-state index >= 15 is 0 Å². The van der Waals surface area contributed by atoms with Gasteiger partial charge in [-0.15, -0.1) is 5.06 Å². The lowest BCUT2D eigenvalue weighted by Crippen LogP contribution is -2.57. The fourth-order valence-corrected chi connectivity index (χ4v) is 2.23. The Morgan fingerprint density at radius 1 is 1.50 bits per heavy atom. The van der Waals surface area contributed by atoms with Gasteiger partial charge in [-0.25, -0.2) is 0 Å². The van der Waals surface area contributed by atoms with Crippen molar-refractivity contribution in [1.29, 1.82) is 0 Å². The second-order valence-electron chi connectivity index (χ2n) is 4.67. The molecule has 2 N–H and O–H groups in total. The third kappa shape index (κ3) is 1.33. The maximum Gasteiger partial charge on any atom is 0.290 e. The van der Waals surface area contributed by atoms with Crippen molar-refractivity contribution in [2.24, 2.45) is 5.16 Å². The average molecular weight is 229 g/mol. The topological polar surface area (TPSA) is 82.1 Å². The Morgan fingerprint density at radius 3 is 2.31 bits per heavy atom. The molecule has 6 nitrogen and oxygen atoms in total. The van der Waals surface area contributed by atoms with Crippen molar-refractivity contribution in [2.75, 3.05) is 0 Å². The normalized spacial score (nSPS) is 31.2. The van der Waals surface area contributed by atoms with E-state index in [1.165, 1.54) is 13.8 Å². The number of hydroxylamine groups is 3. The van der Waals surface area contributed by atoms with Crippen LogP contribution in [0.2, 0.25) is 0 Å². The van der Waals surface area contributed by atoms with Crippen LogP contribution in [0, 0.1) is 5.21 Å². The average Bonchev–Trinajstić information content (AvgIpc) is 2.37. The van der Waals surface area contributed by atoms with Gasteiger partial charge in [-0.1, -0.05) is 12.1 Å². The molecule has 0 aromatic heterocycles. The minimum atomic E-state index is -1.34. The van der Waals surface area contributed by atoms with Gasteiger partial charge in [-0.2, -0.15) is 4.74 Å². The molecule has 0 radical (unpaired) electrons. The summed E-state index contributed by atoms with van der Waals surface area (Å²) in [5.74, 6) is 0. The predicted molar refractivity (Wildman–Crippen MR) is 59.9 cm³/mol. The monoisotopic (exact) mass is 229 g/mol. The van der Waals surface area contributed by atoms with Crippen molar-refractivity contribution in [3.8, 4) is 0 Å². The molecule has 0 unspecified atom stereocenters. The maximum atomic E-state index is 12.2. The molecule has 92 valence electrons. The lowest BCUT2D eigenvalue weighted by Gasteiger charge is -2.32. The van der Waals surface area contributed by atoms with Crippen LogP contribution in [0.4, 0.5) is 0 Å². The maximum absolute atomic E-state index is 12.2. The van der Waals surface area contributed by atoms with Gasteiger partial charge >= 0.3 is 0 Å². The summed E-state index contributed by atoms with van der Waals surface area (Å²) in [6.07, 6.45) is 0.530. The van der Waals surface area contributed by atoms with Gasteiger partial charge in [0.05, 0.1) is 0 Å². The Labute approximate surface area is 95.0 Å². The van der Waals surface area contributed by atoms with E-state index < -0.39 is 11.2 Å². The van der Waals surface area contributed by atoms with Crippen molar-refractivity contribution in [2.45, 2.75) is 52.2 Å². The summed E-state index contributed by atoms with van der Waals surface area (Å²) in [5, 5.41) is 35.1. The lowest BCUT2D eigenvalue weighted by molar-refractivity contribution is -0.561. The Bertz CT molecular complexity index is 362. The molecular weight excluding hydrogens is 210 g/mol. The van der Waals surface area contributed by atoms with E-state index in [4.69, 9.17) is 5.21 Å². The van der Waals surface area contributed by atoms with E-state index in [0.29, 0.717) is 12.1 Å². The van der Waals surface area contributed by atoms with E-state index in [1.807, 2.05) is 6.92 Å². The van der Waals surface area contributed by atoms with Crippen LogP contribution in [0.5, 0.6) is 0 Å². The summed E-state index contributed by atoms with van der Waals surface area (Å²) in [6, 6.07) is 0. The highest BCUT2D eigenvalue weighted by atomic mass is 16.6. The zero-order chi connectivity index (χ0) is 12.7. The molecule has 1 rings (SSSR count). The van der Waals surface area contributed by atoms with Crippen molar-refractivity contribution in [1.82, 2.24) is 5.06 Å². The molecule has 0 saturated carbocycles. The van der Waals surface area contributed by atoms with Gasteiger partial charge in [0.1, 0.15) is 11.3 Å². The van der Waals surface area contributed by atoms with Crippen LogP contribution >= 0.6 is 0 Å². The highest BCUT2D eigenvalue weighted by molar-refractivity contribution is 5.96. The minimum absolute atomic E-state index is 0.154. The van der Waals surface area contributed by atoms with Crippen LogP contribution in [0.25, 0.3) is 0 Å². The molecule has 1 aliphatic rings. The predicted octanol–water partition coefficient (Wildman–Crippen LogP) is 1.40. The first kappa shape index (κ1) is 12.9. The van der Waals surface area contributed by atoms with Gasteiger partial charge in [-0.3, -0.25) is 0 Å². The van der Waals surface area contributed by atoms with E-state index in [2.05, 4.69) is 5.16 Å². The summed E-state index contributed by atoms with van der Waals surface area (Å²) >= 11 is 0. The van der Waals surface area contributed by atoms with Crippen LogP contribution in [-0.2, 0) is 0 Å². The number of hydrogen-bond donors (Lipinski definition) is 2. The molecular formula is C10H19N3O3. The summed E-state index contributed by atoms with van der Waals surface area (Å²) in [7, 11) is 0. The van der Waals surface area contributed by atoms with Gasteiger partial charge in [0.25, 0.3) is 5.66 Å². The first-order chi connectivity index (χ1) is 7.24. The molecule has 0 bridgehead atoms. The molecule has 0 amide bonds. The highest BCUT2D eigenvalue weighted by Gasteiger charge is 2.60. The van der Waals surface area contributed by atoms with Crippen molar-refractivity contribution >= 4 is 11.4 Å². The fraction of sp³-hybridized carbons (Fsp3) is 0.800. The molecule has 0 saturated heterocycles. The van der Waals surface area contributed by atoms with Crippen LogP contribution < -0.4 is 0 Å². The van der Waals surface area contributed by atoms with Crippen molar-refractivity contribution < 1.29 is 15.2 Å². The number of hydrogen-bond acceptors (Lipinski definition) is 5. The second-order valence-corrected chi connectivity index (χ2v) is 4.67. The molecule has 6 heteroatoms. The van der Waals surface area contributed by atoms with Gasteiger partial charge in [0.15, 0.2) is 5.71 Å². The Balaban J connectivity index is 3.42. The third-order valence-corrected chi connectivity index (χ3v) is 3.46. The Morgan fingerprint density at radius 2 is 2.00 bits per heavy atom. The molecule has 1 heterocycles. The molecule has 16 heavy (non-hydrogen) atoms. The molecule has 0 spiro atoms. The zero-order valence-corrected chi connectivity index (χ0v) is 10.4. The standard InChI is InChI=1S/C10H19N3O3/c1-6-8-9(3,4)13(16)10(5,12(8)15)7(2)11-14/h14,16H,6H2,1-5H3/b11-7-/t10-/m0/s1. The van der Waals surface area contributed by atoms with Crippen molar-refractivity contribution in [3.05, 3.63) is 5.21 Å². The zero-order valence-electron chi connectivity index (χ0n) is 10.4. The molecule has 0 aromatic carbocycles. The van der Waals surface area contributed by atoms with Crippen LogP contribution in [-0.4, -0.2) is 42.8 Å². The lowest BCUT2D eigenvalue weighted by atomic mass is 9.96. The molecule has 0 fully saturated rings. The Kier molecular flexibility index (Phi) is 3.00. The molecule has 0 aromatic rings.